The van der Waals surface area contributed by atoms with Crippen LogP contribution in [0.15, 0.2) is 47.0 Å². The number of β-amino-alcohol motifs (C(OH)–C–C–N with tert-alkyl or cyclic N) is 2. The first-order chi connectivity index (χ1) is 19.7. The SMILES string of the molecule is N#CC1(NC(=O)C2CC3CC3CC2c2oc(-c3ccc(F)cn3)nc2-c2ccc(N3CCSC(O)(O)C3)cc2)CC1. The zero-order valence-electron chi connectivity index (χ0n) is 22.3. The molecule has 11 heteroatoms. The van der Waals surface area contributed by atoms with Crippen molar-refractivity contribution in [2.45, 2.75) is 48.7 Å². The van der Waals surface area contributed by atoms with Crippen molar-refractivity contribution in [3.8, 4) is 28.9 Å². The van der Waals surface area contributed by atoms with Crippen LogP contribution in [0.1, 0.15) is 43.8 Å². The van der Waals surface area contributed by atoms with Crippen LogP contribution in [0.5, 0.6) is 0 Å². The summed E-state index contributed by atoms with van der Waals surface area (Å²) in [5, 5.41) is 31.0. The van der Waals surface area contributed by atoms with Crippen molar-refractivity contribution in [2.24, 2.45) is 17.8 Å². The number of aromatic nitrogens is 2. The van der Waals surface area contributed by atoms with Gasteiger partial charge < -0.3 is 24.8 Å². The van der Waals surface area contributed by atoms with E-state index in [0.717, 1.165) is 48.5 Å². The van der Waals surface area contributed by atoms with E-state index < -0.39 is 16.5 Å². The van der Waals surface area contributed by atoms with Crippen LogP contribution in [-0.2, 0) is 4.79 Å². The summed E-state index contributed by atoms with van der Waals surface area (Å²) in [6.45, 7) is 0.784. The molecule has 1 saturated heterocycles. The standard InChI is InChI=1S/C30H30FN5O4S/c31-20-3-6-24(33-14-20)28-34-25(17-1-4-21(5-2-17)36-9-10-41-30(38,39)16-36)26(40-28)22-12-18-11-19(18)13-23(22)27(37)35-29(15-32)7-8-29/h1-6,14,18-19,22-23,38-39H,7-13,16H2,(H,35,37). The van der Waals surface area contributed by atoms with Crippen molar-refractivity contribution in [1.29, 1.82) is 5.26 Å². The molecule has 1 aromatic carbocycles. The first kappa shape index (κ1) is 26.4. The monoisotopic (exact) mass is 575 g/mol. The van der Waals surface area contributed by atoms with Gasteiger partial charge in [0.2, 0.25) is 16.9 Å². The van der Waals surface area contributed by atoms with Gasteiger partial charge >= 0.3 is 0 Å². The predicted molar refractivity (Wildman–Crippen MR) is 150 cm³/mol. The molecule has 4 fully saturated rings. The topological polar surface area (TPSA) is 136 Å². The van der Waals surface area contributed by atoms with Gasteiger partial charge in [-0.15, -0.1) is 0 Å². The van der Waals surface area contributed by atoms with Gasteiger partial charge in [-0.1, -0.05) is 23.9 Å². The molecule has 9 nitrogen and oxygen atoms in total. The van der Waals surface area contributed by atoms with Gasteiger partial charge in [-0.25, -0.2) is 14.4 Å². The molecule has 3 N–H and O–H groups in total. The van der Waals surface area contributed by atoms with Gasteiger partial charge in [0.1, 0.15) is 28.5 Å². The minimum absolute atomic E-state index is 0.0955. The maximum absolute atomic E-state index is 13.6. The lowest BCUT2D eigenvalue weighted by Gasteiger charge is -2.36. The van der Waals surface area contributed by atoms with E-state index in [1.165, 1.54) is 12.1 Å². The van der Waals surface area contributed by atoms with Crippen molar-refractivity contribution in [1.82, 2.24) is 15.3 Å². The molecule has 2 aromatic heterocycles. The number of hydrogen-bond acceptors (Lipinski definition) is 9. The van der Waals surface area contributed by atoms with Gasteiger partial charge in [0.15, 0.2) is 0 Å². The third-order valence-electron chi connectivity index (χ3n) is 8.87. The molecule has 41 heavy (non-hydrogen) atoms. The summed E-state index contributed by atoms with van der Waals surface area (Å²) in [7, 11) is 0. The van der Waals surface area contributed by atoms with E-state index in [2.05, 4.69) is 16.4 Å². The Morgan fingerprint density at radius 1 is 1.15 bits per heavy atom. The lowest BCUT2D eigenvalue weighted by Crippen LogP contribution is -2.46. The predicted octanol–water partition coefficient (Wildman–Crippen LogP) is 4.04. The lowest BCUT2D eigenvalue weighted by molar-refractivity contribution is -0.127. The zero-order chi connectivity index (χ0) is 28.4. The fourth-order valence-corrected chi connectivity index (χ4v) is 7.20. The second kappa shape index (κ2) is 9.82. The van der Waals surface area contributed by atoms with Crippen LogP contribution in [0.3, 0.4) is 0 Å². The number of fused-ring (bicyclic) bond motifs is 1. The van der Waals surface area contributed by atoms with Crippen molar-refractivity contribution >= 4 is 23.4 Å². The number of pyridine rings is 1. The van der Waals surface area contributed by atoms with Gasteiger partial charge in [-0.05, 0) is 68.2 Å². The van der Waals surface area contributed by atoms with Crippen LogP contribution in [0.2, 0.25) is 0 Å². The number of nitriles is 1. The number of rotatable bonds is 6. The summed E-state index contributed by atoms with van der Waals surface area (Å²) >= 11 is 1.12. The lowest BCUT2D eigenvalue weighted by atomic mass is 9.76. The maximum Gasteiger partial charge on any atom is 0.245 e. The Kier molecular flexibility index (Phi) is 6.34. The van der Waals surface area contributed by atoms with Crippen molar-refractivity contribution in [3.05, 3.63) is 54.2 Å². The number of carbonyl (C=O) groups excluding carboxylic acids is 1. The Bertz CT molecular complexity index is 1520. The van der Waals surface area contributed by atoms with E-state index in [1.54, 1.807) is 0 Å². The van der Waals surface area contributed by atoms with Gasteiger partial charge in [0.25, 0.3) is 0 Å². The minimum Gasteiger partial charge on any atom is -0.439 e. The number of hydrogen-bond donors (Lipinski definition) is 3. The zero-order valence-corrected chi connectivity index (χ0v) is 23.1. The fourth-order valence-electron chi connectivity index (χ4n) is 6.31. The normalized spacial score (nSPS) is 27.4. The highest BCUT2D eigenvalue weighted by atomic mass is 32.2. The number of benzene rings is 1. The number of carbonyl (C=O) groups is 1. The largest absolute Gasteiger partial charge is 0.439 e. The highest BCUT2D eigenvalue weighted by Gasteiger charge is 2.53. The van der Waals surface area contributed by atoms with Crippen LogP contribution in [-0.4, -0.2) is 55.6 Å². The molecule has 0 bridgehead atoms. The van der Waals surface area contributed by atoms with Crippen LogP contribution >= 0.6 is 11.8 Å². The molecular formula is C30H30FN5O4S. The van der Waals surface area contributed by atoms with E-state index in [9.17, 15) is 24.7 Å². The molecule has 3 aliphatic carbocycles. The molecule has 7 rings (SSSR count). The van der Waals surface area contributed by atoms with E-state index in [0.29, 0.717) is 54.1 Å². The third-order valence-corrected chi connectivity index (χ3v) is 9.84. The summed E-state index contributed by atoms with van der Waals surface area (Å²) < 4.78 is 20.0. The number of oxazole rings is 1. The summed E-state index contributed by atoms with van der Waals surface area (Å²) in [5.41, 5.74) is 1.90. The van der Waals surface area contributed by atoms with Gasteiger partial charge in [0.05, 0.1) is 18.8 Å². The molecule has 212 valence electrons. The van der Waals surface area contributed by atoms with E-state index in [1.807, 2.05) is 29.2 Å². The van der Waals surface area contributed by atoms with Gasteiger partial charge in [0, 0.05) is 35.4 Å². The second-order valence-electron chi connectivity index (χ2n) is 11.8. The molecule has 4 aliphatic rings. The fraction of sp³-hybridized carbons (Fsp3) is 0.467. The summed E-state index contributed by atoms with van der Waals surface area (Å²) in [6, 6.07) is 12.8. The number of nitrogens with zero attached hydrogens (tertiary/aromatic N) is 4. The number of thioether (sulfide) groups is 1. The number of halogens is 1. The average Bonchev–Trinajstić information content (AvgIpc) is 3.88. The Labute approximate surface area is 240 Å². The van der Waals surface area contributed by atoms with Crippen molar-refractivity contribution in [3.63, 3.8) is 0 Å². The minimum atomic E-state index is -1.80. The molecule has 1 amide bonds. The highest BCUT2D eigenvalue weighted by molar-refractivity contribution is 8.00. The number of amides is 1. The second-order valence-corrected chi connectivity index (χ2v) is 13.1. The Hall–Kier alpha value is -3.46. The van der Waals surface area contributed by atoms with Crippen LogP contribution < -0.4 is 10.2 Å². The Morgan fingerprint density at radius 3 is 2.61 bits per heavy atom. The first-order valence-corrected chi connectivity index (χ1v) is 15.0. The van der Waals surface area contributed by atoms with Crippen LogP contribution in [0.4, 0.5) is 10.1 Å². The number of nitrogens with one attached hydrogen (secondary N) is 1. The smallest absolute Gasteiger partial charge is 0.245 e. The van der Waals surface area contributed by atoms with E-state index in [-0.39, 0.29) is 30.2 Å². The van der Waals surface area contributed by atoms with Crippen molar-refractivity contribution < 1.29 is 23.8 Å². The average molecular weight is 576 g/mol. The number of aliphatic hydroxyl groups is 2. The molecule has 3 saturated carbocycles. The highest BCUT2D eigenvalue weighted by Crippen LogP contribution is 2.58. The molecule has 1 aliphatic heterocycles. The van der Waals surface area contributed by atoms with Gasteiger partial charge in [-0.3, -0.25) is 4.79 Å². The Balaban J connectivity index is 1.25. The maximum atomic E-state index is 13.6. The quantitative estimate of drug-likeness (QED) is 0.372. The Morgan fingerprint density at radius 2 is 1.93 bits per heavy atom. The first-order valence-electron chi connectivity index (χ1n) is 14.0. The summed E-state index contributed by atoms with van der Waals surface area (Å²) in [4.78, 5) is 24.5. The van der Waals surface area contributed by atoms with Gasteiger partial charge in [-0.2, -0.15) is 5.26 Å². The number of anilines is 1. The molecule has 4 atom stereocenters. The van der Waals surface area contributed by atoms with E-state index in [4.69, 9.17) is 9.40 Å². The third kappa shape index (κ3) is 5.20. The molecule has 4 unspecified atom stereocenters. The summed E-state index contributed by atoms with van der Waals surface area (Å²) in [6.07, 6.45) is 5.07. The van der Waals surface area contributed by atoms with Crippen LogP contribution in [0.25, 0.3) is 22.8 Å². The van der Waals surface area contributed by atoms with Crippen molar-refractivity contribution in [2.75, 3.05) is 23.7 Å². The molecule has 3 heterocycles. The van der Waals surface area contributed by atoms with E-state index >= 15 is 0 Å². The molecular weight excluding hydrogens is 545 g/mol. The van der Waals surface area contributed by atoms with Crippen LogP contribution in [0, 0.1) is 34.9 Å². The molecule has 3 aromatic rings. The molecule has 0 radical (unpaired) electrons. The molecule has 0 spiro atoms. The summed E-state index contributed by atoms with van der Waals surface area (Å²) in [5.74, 6) is 1.33.